The molecule has 2 aromatic carbocycles. The van der Waals surface area contributed by atoms with Gasteiger partial charge in [-0.3, -0.25) is 0 Å². The second-order valence-electron chi connectivity index (χ2n) is 9.63. The third kappa shape index (κ3) is 2.91. The SMILES string of the molecule is Cc1ccccc1N1C(c2ccccc2)N2C=CC(C)(C3CCCCC3)C2[C@@H]1C. The summed E-state index contributed by atoms with van der Waals surface area (Å²) in [4.78, 5) is 5.38. The number of nitrogens with zero attached hydrogens (tertiary/aromatic N) is 2. The largest absolute Gasteiger partial charge is 0.348 e. The minimum Gasteiger partial charge on any atom is -0.348 e. The van der Waals surface area contributed by atoms with Gasteiger partial charge in [-0.1, -0.05) is 80.8 Å². The highest BCUT2D eigenvalue weighted by Crippen LogP contribution is 2.55. The Labute approximate surface area is 176 Å². The lowest BCUT2D eigenvalue weighted by Crippen LogP contribution is -2.46. The molecule has 2 aromatic rings. The second-order valence-corrected chi connectivity index (χ2v) is 9.63. The van der Waals surface area contributed by atoms with Gasteiger partial charge in [0.15, 0.2) is 0 Å². The summed E-state index contributed by atoms with van der Waals surface area (Å²) >= 11 is 0. The molecule has 0 radical (unpaired) electrons. The number of hydrogen-bond acceptors (Lipinski definition) is 2. The number of anilines is 1. The number of benzene rings is 2. The molecule has 0 N–H and O–H groups in total. The Bertz CT molecular complexity index is 882. The molecule has 3 aliphatic rings. The summed E-state index contributed by atoms with van der Waals surface area (Å²) in [6.45, 7) is 7.26. The zero-order valence-corrected chi connectivity index (χ0v) is 18.1. The number of rotatable bonds is 3. The predicted molar refractivity (Wildman–Crippen MR) is 122 cm³/mol. The van der Waals surface area contributed by atoms with E-state index in [1.807, 2.05) is 0 Å². The molecule has 3 unspecified atom stereocenters. The minimum absolute atomic E-state index is 0.254. The normalized spacial score (nSPS) is 32.0. The number of para-hydroxylation sites is 1. The first-order chi connectivity index (χ1) is 14.1. The van der Waals surface area contributed by atoms with E-state index in [1.165, 1.54) is 48.9 Å². The summed E-state index contributed by atoms with van der Waals surface area (Å²) in [6, 6.07) is 21.0. The topological polar surface area (TPSA) is 6.48 Å². The van der Waals surface area contributed by atoms with Gasteiger partial charge < -0.3 is 9.80 Å². The highest BCUT2D eigenvalue weighted by Gasteiger charge is 2.56. The lowest BCUT2D eigenvalue weighted by atomic mass is 9.65. The lowest BCUT2D eigenvalue weighted by molar-refractivity contribution is 0.104. The van der Waals surface area contributed by atoms with Gasteiger partial charge in [0.25, 0.3) is 0 Å². The molecule has 0 amide bonds. The van der Waals surface area contributed by atoms with Crippen molar-refractivity contribution in [3.05, 3.63) is 78.0 Å². The van der Waals surface area contributed by atoms with E-state index in [0.29, 0.717) is 12.1 Å². The van der Waals surface area contributed by atoms with Crippen molar-refractivity contribution in [1.29, 1.82) is 0 Å². The van der Waals surface area contributed by atoms with Gasteiger partial charge in [0, 0.05) is 17.1 Å². The van der Waals surface area contributed by atoms with Crippen LogP contribution in [0, 0.1) is 18.3 Å². The molecule has 1 saturated heterocycles. The fourth-order valence-corrected chi connectivity index (χ4v) is 6.54. The molecule has 0 spiro atoms. The maximum absolute atomic E-state index is 2.69. The summed E-state index contributed by atoms with van der Waals surface area (Å²) in [5.41, 5.74) is 4.39. The highest BCUT2D eigenvalue weighted by atomic mass is 15.5. The average molecular weight is 387 g/mol. The summed E-state index contributed by atoms with van der Waals surface area (Å²) in [5, 5.41) is 0. The van der Waals surface area contributed by atoms with E-state index in [0.717, 1.165) is 5.92 Å². The van der Waals surface area contributed by atoms with Gasteiger partial charge >= 0.3 is 0 Å². The number of fused-ring (bicyclic) bond motifs is 1. The van der Waals surface area contributed by atoms with Gasteiger partial charge in [-0.2, -0.15) is 0 Å². The van der Waals surface area contributed by atoms with Crippen LogP contribution in [0.4, 0.5) is 5.69 Å². The molecule has 2 heterocycles. The fourth-order valence-electron chi connectivity index (χ4n) is 6.54. The Morgan fingerprint density at radius 2 is 1.59 bits per heavy atom. The van der Waals surface area contributed by atoms with Crippen LogP contribution in [0.3, 0.4) is 0 Å². The molecule has 2 aliphatic heterocycles. The Kier molecular flexibility index (Phi) is 4.69. The number of hydrogen-bond donors (Lipinski definition) is 0. The molecular formula is C27H34N2. The maximum Gasteiger partial charge on any atom is 0.128 e. The van der Waals surface area contributed by atoms with E-state index in [1.54, 1.807) is 0 Å². The minimum atomic E-state index is 0.254. The van der Waals surface area contributed by atoms with E-state index < -0.39 is 0 Å². The predicted octanol–water partition coefficient (Wildman–Crippen LogP) is 6.69. The summed E-state index contributed by atoms with van der Waals surface area (Å²) < 4.78 is 0. The van der Waals surface area contributed by atoms with Crippen LogP contribution in [-0.2, 0) is 0 Å². The molecule has 2 nitrogen and oxygen atoms in total. The van der Waals surface area contributed by atoms with Gasteiger partial charge in [-0.05, 0) is 56.0 Å². The van der Waals surface area contributed by atoms with Crippen LogP contribution in [0.2, 0.25) is 0 Å². The van der Waals surface area contributed by atoms with Crippen molar-refractivity contribution in [2.24, 2.45) is 11.3 Å². The lowest BCUT2D eigenvalue weighted by Gasteiger charge is -2.42. The zero-order chi connectivity index (χ0) is 20.0. The molecule has 4 atom stereocenters. The second kappa shape index (κ2) is 7.23. The van der Waals surface area contributed by atoms with Gasteiger partial charge in [0.1, 0.15) is 6.17 Å². The Balaban J connectivity index is 1.60. The Morgan fingerprint density at radius 1 is 0.897 bits per heavy atom. The van der Waals surface area contributed by atoms with Crippen molar-refractivity contribution in [3.8, 4) is 0 Å². The zero-order valence-electron chi connectivity index (χ0n) is 18.1. The van der Waals surface area contributed by atoms with E-state index in [2.05, 4.69) is 97.4 Å². The summed E-state index contributed by atoms with van der Waals surface area (Å²) in [7, 11) is 0. The molecule has 2 fully saturated rings. The molecule has 0 aromatic heterocycles. The first-order valence-electron chi connectivity index (χ1n) is 11.5. The van der Waals surface area contributed by atoms with Gasteiger partial charge in [0.05, 0.1) is 6.04 Å². The molecule has 152 valence electrons. The average Bonchev–Trinajstić information content (AvgIpc) is 3.26. The van der Waals surface area contributed by atoms with Crippen LogP contribution in [0.15, 0.2) is 66.9 Å². The maximum atomic E-state index is 2.69. The monoisotopic (exact) mass is 386 g/mol. The molecule has 1 saturated carbocycles. The van der Waals surface area contributed by atoms with Crippen LogP contribution < -0.4 is 4.90 Å². The summed E-state index contributed by atoms with van der Waals surface area (Å²) in [6.07, 6.45) is 12.3. The fraction of sp³-hybridized carbons (Fsp3) is 0.481. The van der Waals surface area contributed by atoms with Crippen molar-refractivity contribution in [1.82, 2.24) is 4.90 Å². The van der Waals surface area contributed by atoms with Crippen LogP contribution in [-0.4, -0.2) is 17.0 Å². The van der Waals surface area contributed by atoms with Crippen molar-refractivity contribution in [3.63, 3.8) is 0 Å². The van der Waals surface area contributed by atoms with E-state index in [4.69, 9.17) is 0 Å². The van der Waals surface area contributed by atoms with Crippen molar-refractivity contribution < 1.29 is 0 Å². The molecule has 1 aliphatic carbocycles. The smallest absolute Gasteiger partial charge is 0.128 e. The van der Waals surface area contributed by atoms with E-state index in [9.17, 15) is 0 Å². The Hall–Kier alpha value is -2.22. The molecule has 0 bridgehead atoms. The standard InChI is InChI=1S/C27H34N2/c1-20-12-10-11-17-24(20)29-21(2)25-27(3,23-15-8-5-9-16-23)18-19-28(25)26(29)22-13-6-4-7-14-22/h4,6-7,10-14,17-19,21,23,25-26H,5,8-9,15-16H2,1-3H3/t21-,25?,26?,27?/m0/s1. The Morgan fingerprint density at radius 3 is 2.31 bits per heavy atom. The van der Waals surface area contributed by atoms with Crippen molar-refractivity contribution in [2.75, 3.05) is 4.90 Å². The van der Waals surface area contributed by atoms with Gasteiger partial charge in [-0.15, -0.1) is 0 Å². The van der Waals surface area contributed by atoms with Crippen molar-refractivity contribution >= 4 is 5.69 Å². The third-order valence-corrected chi connectivity index (χ3v) is 7.98. The molecule has 5 rings (SSSR count). The molecular weight excluding hydrogens is 352 g/mol. The first kappa shape index (κ1) is 18.8. The van der Waals surface area contributed by atoms with E-state index >= 15 is 0 Å². The van der Waals surface area contributed by atoms with Crippen molar-refractivity contribution in [2.45, 2.75) is 71.1 Å². The van der Waals surface area contributed by atoms with Crippen LogP contribution in [0.5, 0.6) is 0 Å². The highest BCUT2D eigenvalue weighted by molar-refractivity contribution is 5.58. The van der Waals surface area contributed by atoms with Gasteiger partial charge in [-0.25, -0.2) is 0 Å². The third-order valence-electron chi connectivity index (χ3n) is 7.98. The van der Waals surface area contributed by atoms with E-state index in [-0.39, 0.29) is 11.6 Å². The summed E-state index contributed by atoms with van der Waals surface area (Å²) in [5.74, 6) is 0.804. The number of aryl methyl sites for hydroxylation is 1. The van der Waals surface area contributed by atoms with Crippen LogP contribution in [0.1, 0.15) is 63.2 Å². The molecule has 29 heavy (non-hydrogen) atoms. The van der Waals surface area contributed by atoms with Crippen LogP contribution in [0.25, 0.3) is 0 Å². The molecule has 2 heteroatoms. The first-order valence-corrected chi connectivity index (χ1v) is 11.5. The quantitative estimate of drug-likeness (QED) is 0.580. The van der Waals surface area contributed by atoms with Gasteiger partial charge in [0.2, 0.25) is 0 Å². The van der Waals surface area contributed by atoms with Crippen LogP contribution >= 0.6 is 0 Å².